The molecule has 17 heavy (non-hydrogen) atoms. The van der Waals surface area contributed by atoms with Crippen molar-refractivity contribution >= 4 is 11.7 Å². The summed E-state index contributed by atoms with van der Waals surface area (Å²) in [5.41, 5.74) is 5.23. The quantitative estimate of drug-likeness (QED) is 0.177. The minimum atomic E-state index is -0.196. The maximum absolute atomic E-state index is 11.5. The third-order valence-corrected chi connectivity index (χ3v) is 2.11. The Morgan fingerprint density at radius 3 is 2.53 bits per heavy atom. The van der Waals surface area contributed by atoms with E-state index in [1.807, 2.05) is 27.7 Å². The number of nitrogens with zero attached hydrogens (tertiary/aromatic N) is 1. The Bertz CT molecular complexity index is 271. The molecule has 0 rings (SSSR count). The zero-order chi connectivity index (χ0) is 13.5. The highest BCUT2D eigenvalue weighted by Crippen LogP contribution is 1.98. The molecule has 5 N–H and O–H groups in total. The highest BCUT2D eigenvalue weighted by molar-refractivity contribution is 5.82. The summed E-state index contributed by atoms with van der Waals surface area (Å²) in [7, 11) is 0. The lowest BCUT2D eigenvalue weighted by molar-refractivity contribution is -0.122. The largest absolute Gasteiger partial charge is 0.409 e. The lowest BCUT2D eigenvalue weighted by Gasteiger charge is -2.20. The van der Waals surface area contributed by atoms with E-state index in [0.29, 0.717) is 19.5 Å². The van der Waals surface area contributed by atoms with Crippen LogP contribution in [0.1, 0.15) is 34.1 Å². The predicted molar refractivity (Wildman–Crippen MR) is 68.0 cm³/mol. The fourth-order valence-corrected chi connectivity index (χ4v) is 1.20. The van der Waals surface area contributed by atoms with Gasteiger partial charge in [0.05, 0.1) is 0 Å². The summed E-state index contributed by atoms with van der Waals surface area (Å²) in [6, 6.07) is 0. The molecule has 0 aliphatic carbocycles. The molecule has 6 nitrogen and oxygen atoms in total. The van der Waals surface area contributed by atoms with Crippen LogP contribution in [0.5, 0.6) is 0 Å². The molecule has 100 valence electrons. The molecule has 0 aromatic heterocycles. The van der Waals surface area contributed by atoms with E-state index in [2.05, 4.69) is 15.8 Å². The maximum Gasteiger partial charge on any atom is 0.221 e. The Morgan fingerprint density at radius 1 is 1.47 bits per heavy atom. The zero-order valence-corrected chi connectivity index (χ0v) is 11.1. The van der Waals surface area contributed by atoms with Crippen LogP contribution in [0.2, 0.25) is 0 Å². The van der Waals surface area contributed by atoms with E-state index in [9.17, 15) is 4.79 Å². The van der Waals surface area contributed by atoms with Gasteiger partial charge in [-0.1, -0.05) is 12.1 Å². The molecular weight excluding hydrogens is 220 g/mol. The molecular formula is C11H24N4O2. The van der Waals surface area contributed by atoms with Gasteiger partial charge in [0, 0.05) is 31.0 Å². The fraction of sp³-hybridized carbons (Fsp3) is 0.818. The fourth-order valence-electron chi connectivity index (χ4n) is 1.20. The van der Waals surface area contributed by atoms with E-state index >= 15 is 0 Å². The van der Waals surface area contributed by atoms with E-state index in [-0.39, 0.29) is 23.2 Å². The normalized spacial score (nSPS) is 14.5. The monoisotopic (exact) mass is 244 g/mol. The van der Waals surface area contributed by atoms with E-state index in [1.165, 1.54) is 0 Å². The molecule has 0 aliphatic heterocycles. The SMILES string of the molecule is CC(CNCCC(=O)NC(C)(C)C)C(N)=NO. The first-order valence-corrected chi connectivity index (χ1v) is 5.75. The number of rotatable bonds is 6. The number of oxime groups is 1. The lowest BCUT2D eigenvalue weighted by atomic mass is 10.1. The third kappa shape index (κ3) is 8.50. The zero-order valence-electron chi connectivity index (χ0n) is 11.1. The molecule has 1 atom stereocenters. The van der Waals surface area contributed by atoms with Gasteiger partial charge < -0.3 is 21.6 Å². The lowest BCUT2D eigenvalue weighted by Crippen LogP contribution is -2.42. The number of amidine groups is 1. The number of carbonyl (C=O) groups excluding carboxylic acids is 1. The van der Waals surface area contributed by atoms with Gasteiger partial charge in [-0.15, -0.1) is 0 Å². The summed E-state index contributed by atoms with van der Waals surface area (Å²) < 4.78 is 0. The second-order valence-electron chi connectivity index (χ2n) is 5.18. The van der Waals surface area contributed by atoms with Crippen LogP contribution in [0.25, 0.3) is 0 Å². The van der Waals surface area contributed by atoms with Crippen molar-refractivity contribution in [2.45, 2.75) is 39.7 Å². The second-order valence-corrected chi connectivity index (χ2v) is 5.18. The van der Waals surface area contributed by atoms with Crippen LogP contribution in [-0.4, -0.2) is 35.6 Å². The molecule has 0 aromatic carbocycles. The number of carbonyl (C=O) groups is 1. The van der Waals surface area contributed by atoms with Crippen LogP contribution >= 0.6 is 0 Å². The van der Waals surface area contributed by atoms with Gasteiger partial charge in [-0.3, -0.25) is 4.79 Å². The van der Waals surface area contributed by atoms with Crippen molar-refractivity contribution in [3.8, 4) is 0 Å². The van der Waals surface area contributed by atoms with E-state index < -0.39 is 0 Å². The van der Waals surface area contributed by atoms with E-state index in [0.717, 1.165) is 0 Å². The number of amides is 1. The van der Waals surface area contributed by atoms with Crippen molar-refractivity contribution in [2.75, 3.05) is 13.1 Å². The first-order chi connectivity index (χ1) is 7.76. The average Bonchev–Trinajstić information content (AvgIpc) is 2.20. The predicted octanol–water partition coefficient (Wildman–Crippen LogP) is 0.263. The first kappa shape index (κ1) is 15.7. The summed E-state index contributed by atoms with van der Waals surface area (Å²) in [5, 5.41) is 17.3. The Balaban J connectivity index is 3.69. The highest BCUT2D eigenvalue weighted by Gasteiger charge is 2.13. The molecule has 0 heterocycles. The Morgan fingerprint density at radius 2 is 2.06 bits per heavy atom. The third-order valence-electron chi connectivity index (χ3n) is 2.11. The molecule has 0 saturated heterocycles. The Hall–Kier alpha value is -1.30. The first-order valence-electron chi connectivity index (χ1n) is 5.75. The summed E-state index contributed by atoms with van der Waals surface area (Å²) in [6.45, 7) is 8.83. The summed E-state index contributed by atoms with van der Waals surface area (Å²) in [5.74, 6) is 0.156. The van der Waals surface area contributed by atoms with Crippen molar-refractivity contribution in [2.24, 2.45) is 16.8 Å². The highest BCUT2D eigenvalue weighted by atomic mass is 16.4. The molecule has 0 fully saturated rings. The van der Waals surface area contributed by atoms with Crippen LogP contribution in [0.3, 0.4) is 0 Å². The molecule has 0 bridgehead atoms. The van der Waals surface area contributed by atoms with Crippen LogP contribution in [0.15, 0.2) is 5.16 Å². The smallest absolute Gasteiger partial charge is 0.221 e. The molecule has 0 radical (unpaired) electrons. The molecule has 1 unspecified atom stereocenters. The Labute approximate surface area is 103 Å². The van der Waals surface area contributed by atoms with Gasteiger partial charge in [0.15, 0.2) is 0 Å². The van der Waals surface area contributed by atoms with Crippen molar-refractivity contribution in [1.29, 1.82) is 0 Å². The summed E-state index contributed by atoms with van der Waals surface area (Å²) >= 11 is 0. The number of nitrogens with two attached hydrogens (primary N) is 1. The van der Waals surface area contributed by atoms with E-state index in [4.69, 9.17) is 10.9 Å². The average molecular weight is 244 g/mol. The summed E-state index contributed by atoms with van der Waals surface area (Å²) in [4.78, 5) is 11.5. The standard InChI is InChI=1S/C11H24N4O2/c1-8(10(12)15-17)7-13-6-5-9(16)14-11(2,3)4/h8,13,17H,5-7H2,1-4H3,(H2,12,15)(H,14,16). The van der Waals surface area contributed by atoms with Crippen molar-refractivity contribution < 1.29 is 10.0 Å². The molecule has 0 saturated carbocycles. The van der Waals surface area contributed by atoms with Gasteiger partial charge in [0.2, 0.25) is 5.91 Å². The van der Waals surface area contributed by atoms with Crippen LogP contribution in [0, 0.1) is 5.92 Å². The number of hydrogen-bond acceptors (Lipinski definition) is 4. The molecule has 0 spiro atoms. The van der Waals surface area contributed by atoms with Crippen LogP contribution < -0.4 is 16.4 Å². The van der Waals surface area contributed by atoms with Crippen molar-refractivity contribution in [3.05, 3.63) is 0 Å². The van der Waals surface area contributed by atoms with E-state index in [1.54, 1.807) is 0 Å². The Kier molecular flexibility index (Phi) is 6.57. The molecule has 0 aromatic rings. The van der Waals surface area contributed by atoms with Crippen LogP contribution in [-0.2, 0) is 4.79 Å². The van der Waals surface area contributed by atoms with Gasteiger partial charge >= 0.3 is 0 Å². The van der Waals surface area contributed by atoms with Gasteiger partial charge in [0.25, 0.3) is 0 Å². The topological polar surface area (TPSA) is 99.7 Å². The van der Waals surface area contributed by atoms with Crippen molar-refractivity contribution in [1.82, 2.24) is 10.6 Å². The number of nitrogens with one attached hydrogen (secondary N) is 2. The van der Waals surface area contributed by atoms with Crippen LogP contribution in [0.4, 0.5) is 0 Å². The number of hydrogen-bond donors (Lipinski definition) is 4. The van der Waals surface area contributed by atoms with Gasteiger partial charge in [-0.25, -0.2) is 0 Å². The molecule has 6 heteroatoms. The van der Waals surface area contributed by atoms with Crippen molar-refractivity contribution in [3.63, 3.8) is 0 Å². The minimum Gasteiger partial charge on any atom is -0.409 e. The second kappa shape index (κ2) is 7.11. The van der Waals surface area contributed by atoms with Gasteiger partial charge in [-0.05, 0) is 20.8 Å². The van der Waals surface area contributed by atoms with Gasteiger partial charge in [-0.2, -0.15) is 0 Å². The van der Waals surface area contributed by atoms with Gasteiger partial charge in [0.1, 0.15) is 5.84 Å². The molecule has 0 aliphatic rings. The maximum atomic E-state index is 11.5. The molecule has 1 amide bonds. The summed E-state index contributed by atoms with van der Waals surface area (Å²) in [6.07, 6.45) is 0.417. The minimum absolute atomic E-state index is 0.0152.